The zero-order valence-corrected chi connectivity index (χ0v) is 22.0. The predicted molar refractivity (Wildman–Crippen MR) is 148 cm³/mol. The molecule has 4 aromatic carbocycles. The van der Waals surface area contributed by atoms with Crippen molar-refractivity contribution in [1.29, 1.82) is 0 Å². The van der Waals surface area contributed by atoms with E-state index in [0.29, 0.717) is 23.7 Å². The Labute approximate surface area is 228 Å². The van der Waals surface area contributed by atoms with Gasteiger partial charge in [0.2, 0.25) is 0 Å². The van der Waals surface area contributed by atoms with Crippen LogP contribution < -0.4 is 9.64 Å². The van der Waals surface area contributed by atoms with Crippen molar-refractivity contribution in [3.05, 3.63) is 129 Å². The van der Waals surface area contributed by atoms with Gasteiger partial charge in [-0.3, -0.25) is 4.79 Å². The van der Waals surface area contributed by atoms with E-state index >= 15 is 0 Å². The average Bonchev–Trinajstić information content (AvgIpc) is 3.46. The largest absolute Gasteiger partial charge is 0.453 e. The quantitative estimate of drug-likeness (QED) is 0.265. The Hall–Kier alpha value is -3.61. The van der Waals surface area contributed by atoms with Crippen LogP contribution in [0.2, 0.25) is 5.02 Å². The van der Waals surface area contributed by atoms with Gasteiger partial charge in [0.15, 0.2) is 0 Å². The van der Waals surface area contributed by atoms with E-state index in [1.807, 2.05) is 101 Å². The molecule has 37 heavy (non-hydrogen) atoms. The van der Waals surface area contributed by atoms with Crippen molar-refractivity contribution < 1.29 is 9.53 Å². The maximum atomic E-state index is 14.5. The number of hydrogen-bond donors (Lipinski definition) is 0. The van der Waals surface area contributed by atoms with Crippen LogP contribution in [-0.4, -0.2) is 16.6 Å². The van der Waals surface area contributed by atoms with Crippen molar-refractivity contribution >= 4 is 44.8 Å². The summed E-state index contributed by atoms with van der Waals surface area (Å²) in [6, 6.07) is 31.4. The number of para-hydroxylation sites is 1. The maximum Gasteiger partial charge on any atom is 0.306 e. The lowest BCUT2D eigenvalue weighted by Gasteiger charge is -2.44. The summed E-state index contributed by atoms with van der Waals surface area (Å²) in [5.41, 5.74) is 4.16. The van der Waals surface area contributed by atoms with Gasteiger partial charge in [0.25, 0.3) is 5.91 Å². The minimum absolute atomic E-state index is 0.141. The minimum Gasteiger partial charge on any atom is -0.453 e. The second kappa shape index (κ2) is 8.47. The van der Waals surface area contributed by atoms with Gasteiger partial charge in [-0.1, -0.05) is 88.2 Å². The third-order valence-electron chi connectivity index (χ3n) is 7.28. The molecule has 2 atom stereocenters. The molecule has 0 unspecified atom stereocenters. The first-order valence-corrected chi connectivity index (χ1v) is 13.3. The number of amides is 1. The first-order chi connectivity index (χ1) is 18.0. The highest BCUT2D eigenvalue weighted by Crippen LogP contribution is 2.56. The normalized spacial score (nSPS) is 21.4. The molecule has 1 amide bonds. The molecule has 4 aromatic rings. The van der Waals surface area contributed by atoms with Gasteiger partial charge in [-0.05, 0) is 47.5 Å². The average molecular weight is 571 g/mol. The van der Waals surface area contributed by atoms with Crippen LogP contribution in [0.25, 0.3) is 0 Å². The third-order valence-corrected chi connectivity index (χ3v) is 8.02. The van der Waals surface area contributed by atoms with E-state index in [1.54, 1.807) is 0 Å². The molecule has 3 aliphatic rings. The highest BCUT2D eigenvalue weighted by molar-refractivity contribution is 9.10. The molecule has 0 aromatic heterocycles. The molecule has 0 fully saturated rings. The first kappa shape index (κ1) is 22.6. The summed E-state index contributed by atoms with van der Waals surface area (Å²) < 4.78 is 7.70. The molecule has 0 saturated heterocycles. The number of halogens is 2. The van der Waals surface area contributed by atoms with Gasteiger partial charge in [-0.25, -0.2) is 5.01 Å². The van der Waals surface area contributed by atoms with Gasteiger partial charge < -0.3 is 9.64 Å². The summed E-state index contributed by atoms with van der Waals surface area (Å²) in [5.74, 6) is 0.555. The van der Waals surface area contributed by atoms with Crippen LogP contribution in [-0.2, 0) is 17.1 Å². The lowest BCUT2D eigenvalue weighted by atomic mass is 9.92. The summed E-state index contributed by atoms with van der Waals surface area (Å²) >= 11 is 9.77. The second-order valence-electron chi connectivity index (χ2n) is 9.44. The van der Waals surface area contributed by atoms with Crippen LogP contribution in [0.4, 0.5) is 5.69 Å². The van der Waals surface area contributed by atoms with Crippen LogP contribution in [0.1, 0.15) is 34.7 Å². The lowest BCUT2D eigenvalue weighted by molar-refractivity contribution is -0.164. The van der Waals surface area contributed by atoms with Crippen molar-refractivity contribution in [2.24, 2.45) is 5.10 Å². The molecule has 0 N–H and O–H groups in total. The Morgan fingerprint density at radius 1 is 0.973 bits per heavy atom. The molecule has 3 aliphatic heterocycles. The summed E-state index contributed by atoms with van der Waals surface area (Å²) in [6.07, 6.45) is 0.643. The fourth-order valence-corrected chi connectivity index (χ4v) is 6.09. The van der Waals surface area contributed by atoms with E-state index in [-0.39, 0.29) is 11.9 Å². The molecule has 0 aliphatic carbocycles. The van der Waals surface area contributed by atoms with Gasteiger partial charge in [-0.15, -0.1) is 0 Å². The molecule has 7 rings (SSSR count). The number of hydrazone groups is 1. The SMILES string of the molecule is O=C1N(Cc2ccccc2)c2ccccc2[C@]12Oc1ccc(Br)cc1[C@H]1CC(c3ccc(Cl)cc3)=NN12. The Morgan fingerprint density at radius 2 is 1.73 bits per heavy atom. The lowest BCUT2D eigenvalue weighted by Crippen LogP contribution is -2.57. The topological polar surface area (TPSA) is 45.1 Å². The molecule has 0 bridgehead atoms. The number of fused-ring (bicyclic) bond motifs is 6. The maximum absolute atomic E-state index is 14.5. The molecule has 3 heterocycles. The fraction of sp³-hybridized carbons (Fsp3) is 0.133. The summed E-state index contributed by atoms with van der Waals surface area (Å²) in [4.78, 5) is 16.3. The Balaban J connectivity index is 1.41. The zero-order valence-electron chi connectivity index (χ0n) is 19.6. The van der Waals surface area contributed by atoms with E-state index in [2.05, 4.69) is 22.0 Å². The molecule has 0 saturated carbocycles. The molecular weight excluding hydrogens is 550 g/mol. The minimum atomic E-state index is -1.40. The van der Waals surface area contributed by atoms with Gasteiger partial charge in [0.05, 0.1) is 29.5 Å². The molecule has 0 radical (unpaired) electrons. The number of benzene rings is 4. The number of anilines is 1. The number of hydrogen-bond acceptors (Lipinski definition) is 4. The number of ether oxygens (including phenoxy) is 1. The molecular formula is C30H21BrClN3O2. The van der Waals surface area contributed by atoms with Crippen molar-refractivity contribution in [3.63, 3.8) is 0 Å². The van der Waals surface area contributed by atoms with Gasteiger partial charge in [0.1, 0.15) is 5.75 Å². The highest BCUT2D eigenvalue weighted by atomic mass is 79.9. The van der Waals surface area contributed by atoms with Crippen molar-refractivity contribution in [3.8, 4) is 5.75 Å². The van der Waals surface area contributed by atoms with Crippen molar-refractivity contribution in [2.75, 3.05) is 4.90 Å². The van der Waals surface area contributed by atoms with E-state index in [1.165, 1.54) is 0 Å². The van der Waals surface area contributed by atoms with Crippen LogP contribution in [0.15, 0.2) is 107 Å². The van der Waals surface area contributed by atoms with E-state index in [4.69, 9.17) is 21.4 Å². The van der Waals surface area contributed by atoms with Crippen LogP contribution in [0.3, 0.4) is 0 Å². The molecule has 5 nitrogen and oxygen atoms in total. The van der Waals surface area contributed by atoms with E-state index in [0.717, 1.165) is 38.1 Å². The summed E-state index contributed by atoms with van der Waals surface area (Å²) in [5, 5.41) is 7.64. The Bertz CT molecular complexity index is 1570. The van der Waals surface area contributed by atoms with E-state index < -0.39 is 5.72 Å². The van der Waals surface area contributed by atoms with Crippen molar-refractivity contribution in [2.45, 2.75) is 24.7 Å². The smallest absolute Gasteiger partial charge is 0.306 e. The van der Waals surface area contributed by atoms with Crippen molar-refractivity contribution in [1.82, 2.24) is 5.01 Å². The van der Waals surface area contributed by atoms with Crippen LogP contribution in [0, 0.1) is 0 Å². The first-order valence-electron chi connectivity index (χ1n) is 12.1. The molecule has 182 valence electrons. The molecule has 1 spiro atoms. The third kappa shape index (κ3) is 3.43. The zero-order chi connectivity index (χ0) is 25.1. The number of rotatable bonds is 3. The highest BCUT2D eigenvalue weighted by Gasteiger charge is 2.63. The predicted octanol–water partition coefficient (Wildman–Crippen LogP) is 7.05. The monoisotopic (exact) mass is 569 g/mol. The second-order valence-corrected chi connectivity index (χ2v) is 10.8. The Kier molecular flexibility index (Phi) is 5.17. The number of carbonyl (C=O) groups is 1. The fourth-order valence-electron chi connectivity index (χ4n) is 5.58. The summed E-state index contributed by atoms with van der Waals surface area (Å²) in [7, 11) is 0. The standard InChI is InChI=1S/C30H21BrClN3O2/c31-21-12-15-28-23(16-21)27-17-25(20-10-13-22(32)14-11-20)33-35(27)30(37-28)24-8-4-5-9-26(24)34(29(30)36)18-19-6-2-1-3-7-19/h1-16,27H,17-18H2/t27-,30+/m1/s1. The van der Waals surface area contributed by atoms with E-state index in [9.17, 15) is 4.79 Å². The number of nitrogens with zero attached hydrogens (tertiary/aromatic N) is 3. The van der Waals surface area contributed by atoms with Crippen LogP contribution in [0.5, 0.6) is 5.75 Å². The van der Waals surface area contributed by atoms with Gasteiger partial charge in [-0.2, -0.15) is 5.10 Å². The van der Waals surface area contributed by atoms with Gasteiger partial charge in [0, 0.05) is 21.5 Å². The number of carbonyl (C=O) groups excluding carboxylic acids is 1. The van der Waals surface area contributed by atoms with Gasteiger partial charge >= 0.3 is 5.72 Å². The van der Waals surface area contributed by atoms with Crippen LogP contribution >= 0.6 is 27.5 Å². The molecule has 7 heteroatoms. The summed E-state index contributed by atoms with van der Waals surface area (Å²) in [6.45, 7) is 0.446. The Morgan fingerprint density at radius 3 is 2.54 bits per heavy atom.